The fraction of sp³-hybridized carbons (Fsp3) is 0.227. The monoisotopic (exact) mass is 976 g/mol. The molecule has 0 saturated carbocycles. The molecule has 20 heteroatoms. The molecule has 0 atom stereocenters. The number of rotatable bonds is 6. The van der Waals surface area contributed by atoms with Crippen LogP contribution in [0.15, 0.2) is 97.1 Å². The van der Waals surface area contributed by atoms with Crippen LogP contribution in [0, 0.1) is 13.8 Å². The van der Waals surface area contributed by atoms with Gasteiger partial charge in [-0.1, -0.05) is 82.8 Å². The molecule has 0 bridgehead atoms. The van der Waals surface area contributed by atoms with Crippen molar-refractivity contribution in [3.8, 4) is 33.6 Å². The summed E-state index contributed by atoms with van der Waals surface area (Å²) in [6.45, 7) is -0.981. The van der Waals surface area contributed by atoms with Crippen molar-refractivity contribution in [2.75, 3.05) is 26.2 Å². The van der Waals surface area contributed by atoms with Crippen LogP contribution in [0.1, 0.15) is 43.5 Å². The minimum atomic E-state index is -4.84. The molecule has 336 valence electrons. The van der Waals surface area contributed by atoms with Gasteiger partial charge in [0.25, 0.3) is 23.7 Å². The lowest BCUT2D eigenvalue weighted by molar-refractivity contribution is -0.143. The number of hydrogen-bond acceptors (Lipinski definition) is 2. The molecule has 4 aromatic carbocycles. The number of nitrogens with zero attached hydrogens (tertiary/aromatic N) is 4. The highest BCUT2D eigenvalue weighted by Crippen LogP contribution is 2.46. The summed E-state index contributed by atoms with van der Waals surface area (Å²) in [5.41, 5.74) is -2.75. The molecule has 2 saturated heterocycles. The third-order valence-electron chi connectivity index (χ3n) is 10.4. The minimum absolute atomic E-state index is 0.00539. The van der Waals surface area contributed by atoms with Crippen LogP contribution in [0.4, 0.5) is 43.9 Å². The van der Waals surface area contributed by atoms with Gasteiger partial charge in [-0.15, -0.1) is 0 Å². The number of hydrogen-bond donors (Lipinski definition) is 0. The zero-order valence-corrected chi connectivity index (χ0v) is 36.0. The van der Waals surface area contributed by atoms with Crippen LogP contribution in [0.2, 0.25) is 20.1 Å². The van der Waals surface area contributed by atoms with E-state index in [0.29, 0.717) is 21.2 Å². The summed E-state index contributed by atoms with van der Waals surface area (Å²) in [7, 11) is 0. The molecule has 6 aromatic rings. The standard InChI is InChI=1S/2C22H15Cl2F5N2O/c2*1-12-17(13-5-7-14(23)8-6-13)18(20(32)30-10-21(25,26)11-30)31(19(12)22(27,28)29)16-4-2-3-15(24)9-16/h2*2-9H,10-11H2,1H3. The Bertz CT molecular complexity index is 2580. The number of carbonyl (C=O) groups excluding carboxylic acids is 2. The van der Waals surface area contributed by atoms with Crippen molar-refractivity contribution in [3.63, 3.8) is 0 Å². The average Bonchev–Trinajstić information content (AvgIpc) is 3.68. The van der Waals surface area contributed by atoms with Crippen molar-refractivity contribution in [2.24, 2.45) is 0 Å². The molecule has 6 nitrogen and oxygen atoms in total. The van der Waals surface area contributed by atoms with Gasteiger partial charge in [0.05, 0.1) is 26.2 Å². The number of benzene rings is 4. The second-order valence-corrected chi connectivity index (χ2v) is 16.8. The van der Waals surface area contributed by atoms with Gasteiger partial charge in [0.15, 0.2) is 0 Å². The molecule has 2 aromatic heterocycles. The van der Waals surface area contributed by atoms with E-state index in [9.17, 15) is 53.5 Å². The molecule has 4 heterocycles. The maximum absolute atomic E-state index is 14.2. The summed E-state index contributed by atoms with van der Waals surface area (Å²) in [6.07, 6.45) is -9.68. The van der Waals surface area contributed by atoms with E-state index in [1.165, 1.54) is 111 Å². The van der Waals surface area contributed by atoms with E-state index in [1.807, 2.05) is 0 Å². The molecule has 64 heavy (non-hydrogen) atoms. The highest BCUT2D eigenvalue weighted by Gasteiger charge is 2.51. The lowest BCUT2D eigenvalue weighted by atomic mass is 9.99. The van der Waals surface area contributed by atoms with Gasteiger partial charge in [-0.3, -0.25) is 9.59 Å². The van der Waals surface area contributed by atoms with Gasteiger partial charge in [0.1, 0.15) is 22.8 Å². The molecule has 2 fully saturated rings. The number of aromatic nitrogens is 2. The van der Waals surface area contributed by atoms with E-state index in [2.05, 4.69) is 0 Å². The third kappa shape index (κ3) is 9.19. The summed E-state index contributed by atoms with van der Waals surface area (Å²) in [5, 5.41) is 1.02. The molecule has 0 spiro atoms. The van der Waals surface area contributed by atoms with Gasteiger partial charge < -0.3 is 18.9 Å². The first-order chi connectivity index (χ1) is 29.8. The first-order valence-corrected chi connectivity index (χ1v) is 20.3. The lowest BCUT2D eigenvalue weighted by Gasteiger charge is -2.39. The number of alkyl halides is 10. The van der Waals surface area contributed by atoms with Gasteiger partial charge in [0, 0.05) is 42.6 Å². The fourth-order valence-corrected chi connectivity index (χ4v) is 8.38. The number of carbonyl (C=O) groups is 2. The molecular weight excluding hydrogens is 948 g/mol. The second kappa shape index (κ2) is 17.0. The maximum atomic E-state index is 14.2. The van der Waals surface area contributed by atoms with Gasteiger partial charge in [-0.05, 0) is 96.8 Å². The van der Waals surface area contributed by atoms with E-state index in [0.717, 1.165) is 18.9 Å². The fourth-order valence-electron chi connectivity index (χ4n) is 7.76. The van der Waals surface area contributed by atoms with Crippen molar-refractivity contribution >= 4 is 58.2 Å². The topological polar surface area (TPSA) is 50.5 Å². The minimum Gasteiger partial charge on any atom is -0.325 e. The van der Waals surface area contributed by atoms with Gasteiger partial charge in [-0.2, -0.15) is 26.3 Å². The molecule has 2 aliphatic rings. The van der Waals surface area contributed by atoms with Gasteiger partial charge in [0.2, 0.25) is 0 Å². The molecule has 0 radical (unpaired) electrons. The Morgan fingerprint density at radius 3 is 1.08 bits per heavy atom. The van der Waals surface area contributed by atoms with Crippen molar-refractivity contribution in [3.05, 3.63) is 151 Å². The summed E-state index contributed by atoms with van der Waals surface area (Å²) in [5.74, 6) is -8.02. The Morgan fingerprint density at radius 2 is 0.812 bits per heavy atom. The summed E-state index contributed by atoms with van der Waals surface area (Å²) in [6, 6.07) is 23.0. The summed E-state index contributed by atoms with van der Waals surface area (Å²) in [4.78, 5) is 28.2. The van der Waals surface area contributed by atoms with Crippen molar-refractivity contribution < 1.29 is 53.5 Å². The Morgan fingerprint density at radius 1 is 0.500 bits per heavy atom. The molecule has 0 unspecified atom stereocenters. The van der Waals surface area contributed by atoms with E-state index in [4.69, 9.17) is 46.4 Å². The predicted octanol–water partition coefficient (Wildman–Crippen LogP) is 13.7. The van der Waals surface area contributed by atoms with Crippen LogP contribution in [0.25, 0.3) is 33.6 Å². The van der Waals surface area contributed by atoms with E-state index in [-0.39, 0.29) is 55.1 Å². The lowest BCUT2D eigenvalue weighted by Crippen LogP contribution is -2.58. The molecule has 0 N–H and O–H groups in total. The van der Waals surface area contributed by atoms with E-state index >= 15 is 0 Å². The van der Waals surface area contributed by atoms with Crippen molar-refractivity contribution in [1.29, 1.82) is 0 Å². The Balaban J connectivity index is 0.000000191. The van der Waals surface area contributed by atoms with Crippen LogP contribution in [-0.2, 0) is 12.4 Å². The largest absolute Gasteiger partial charge is 0.432 e. The number of halogens is 14. The van der Waals surface area contributed by atoms with Crippen LogP contribution >= 0.6 is 46.4 Å². The quantitative estimate of drug-likeness (QED) is 0.156. The van der Waals surface area contributed by atoms with Crippen LogP contribution < -0.4 is 0 Å². The average molecular weight is 979 g/mol. The first kappa shape index (κ1) is 46.8. The smallest absolute Gasteiger partial charge is 0.325 e. The highest BCUT2D eigenvalue weighted by atomic mass is 35.5. The van der Waals surface area contributed by atoms with Gasteiger partial charge in [-0.25, -0.2) is 17.6 Å². The van der Waals surface area contributed by atoms with E-state index < -0.39 is 73.6 Å². The highest BCUT2D eigenvalue weighted by molar-refractivity contribution is 6.31. The van der Waals surface area contributed by atoms with Gasteiger partial charge >= 0.3 is 12.4 Å². The first-order valence-electron chi connectivity index (χ1n) is 18.8. The molecular formula is C44H30Cl4F10N4O2. The zero-order chi connectivity index (χ0) is 46.8. The normalized spacial score (nSPS) is 15.6. The van der Waals surface area contributed by atoms with Crippen molar-refractivity contribution in [2.45, 2.75) is 38.0 Å². The Kier molecular flexibility index (Phi) is 12.4. The molecule has 8 rings (SSSR count). The molecule has 0 aliphatic carbocycles. The molecule has 2 aliphatic heterocycles. The Hall–Kier alpha value is -5.16. The van der Waals surface area contributed by atoms with Crippen molar-refractivity contribution in [1.82, 2.24) is 18.9 Å². The van der Waals surface area contributed by atoms with E-state index in [1.54, 1.807) is 0 Å². The van der Waals surface area contributed by atoms with Crippen LogP contribution in [0.5, 0.6) is 0 Å². The zero-order valence-electron chi connectivity index (χ0n) is 33.0. The Labute approximate surface area is 378 Å². The summed E-state index contributed by atoms with van der Waals surface area (Å²) < 4.78 is 141. The van der Waals surface area contributed by atoms with Crippen LogP contribution in [0.3, 0.4) is 0 Å². The SMILES string of the molecule is Cc1c(-c2ccc(Cl)cc2)c(C(=O)N2CC(F)(F)C2)n(-c2cccc(Cl)c2)c1C(F)(F)F.Cc1c(-c2ccc(Cl)cc2)c(C(=O)N2CC(F)(F)C2)n(-c2cccc(Cl)c2)c1C(F)(F)F. The predicted molar refractivity (Wildman–Crippen MR) is 224 cm³/mol. The number of amides is 2. The summed E-state index contributed by atoms with van der Waals surface area (Å²) >= 11 is 23.9. The third-order valence-corrected chi connectivity index (χ3v) is 11.4. The number of likely N-dealkylation sites (tertiary alicyclic amines) is 2. The second-order valence-electron chi connectivity index (χ2n) is 15.1. The van der Waals surface area contributed by atoms with Crippen LogP contribution in [-0.4, -0.2) is 68.8 Å². The maximum Gasteiger partial charge on any atom is 0.432 e. The molecule has 2 amide bonds.